The molecule has 4 rings (SSSR count). The van der Waals surface area contributed by atoms with Crippen molar-refractivity contribution in [2.75, 3.05) is 5.32 Å². The summed E-state index contributed by atoms with van der Waals surface area (Å²) in [5, 5.41) is 12.6. The molecule has 0 radical (unpaired) electrons. The van der Waals surface area contributed by atoms with E-state index in [1.54, 1.807) is 19.1 Å². The number of para-hydroxylation sites is 1. The summed E-state index contributed by atoms with van der Waals surface area (Å²) in [5.41, 5.74) is 1.28. The minimum Gasteiger partial charge on any atom is -0.508 e. The summed E-state index contributed by atoms with van der Waals surface area (Å²) in [7, 11) is 0. The molecule has 0 saturated carbocycles. The molecular weight excluding hydrogens is 394 g/mol. The molecule has 0 unspecified atom stereocenters. The fourth-order valence-electron chi connectivity index (χ4n) is 3.13. The number of anilines is 1. The largest absolute Gasteiger partial charge is 0.508 e. The number of fused-ring (bicyclic) bond motifs is 2. The lowest BCUT2D eigenvalue weighted by Crippen LogP contribution is -2.31. The summed E-state index contributed by atoms with van der Waals surface area (Å²) in [6.45, 7) is 1.49. The Hall–Kier alpha value is -3.26. The molecule has 8 heteroatoms. The Morgan fingerprint density at radius 2 is 2.03 bits per heavy atom. The van der Waals surface area contributed by atoms with Crippen LogP contribution in [0.5, 0.6) is 5.75 Å². The van der Waals surface area contributed by atoms with Crippen molar-refractivity contribution in [3.63, 3.8) is 0 Å². The Balaban J connectivity index is 1.47. The number of aryl methyl sites for hydroxylation is 1. The number of ether oxygens (including phenoxy) is 1. The molecule has 148 valence electrons. The quantitative estimate of drug-likeness (QED) is 0.501. The number of aromatic hydroxyl groups is 1. The van der Waals surface area contributed by atoms with E-state index in [0.29, 0.717) is 16.5 Å². The highest BCUT2D eigenvalue weighted by atomic mass is 32.2. The summed E-state index contributed by atoms with van der Waals surface area (Å²) < 4.78 is 10.5. The molecule has 0 aliphatic carbocycles. The van der Waals surface area contributed by atoms with Gasteiger partial charge in [-0.15, -0.1) is 11.8 Å². The zero-order valence-electron chi connectivity index (χ0n) is 15.4. The second-order valence-electron chi connectivity index (χ2n) is 6.63. The van der Waals surface area contributed by atoms with Gasteiger partial charge < -0.3 is 19.6 Å². The smallest absolute Gasteiger partial charge is 0.336 e. The van der Waals surface area contributed by atoms with E-state index in [2.05, 4.69) is 5.32 Å². The highest BCUT2D eigenvalue weighted by Gasteiger charge is 2.29. The van der Waals surface area contributed by atoms with Gasteiger partial charge in [-0.05, 0) is 31.2 Å². The average molecular weight is 411 g/mol. The van der Waals surface area contributed by atoms with Crippen molar-refractivity contribution in [1.29, 1.82) is 0 Å². The lowest BCUT2D eigenvalue weighted by Gasteiger charge is -2.23. The first-order valence-electron chi connectivity index (χ1n) is 8.90. The van der Waals surface area contributed by atoms with Crippen LogP contribution in [0.25, 0.3) is 11.0 Å². The summed E-state index contributed by atoms with van der Waals surface area (Å²) >= 11 is 1.32. The Kier molecular flexibility index (Phi) is 5.02. The topological polar surface area (TPSA) is 106 Å². The van der Waals surface area contributed by atoms with E-state index >= 15 is 0 Å². The van der Waals surface area contributed by atoms with Crippen LogP contribution in [0, 0.1) is 6.92 Å². The van der Waals surface area contributed by atoms with Crippen molar-refractivity contribution >= 4 is 40.3 Å². The van der Waals surface area contributed by atoms with Crippen LogP contribution in [-0.2, 0) is 20.9 Å². The van der Waals surface area contributed by atoms with Gasteiger partial charge in [0.1, 0.15) is 17.9 Å². The molecule has 1 aliphatic heterocycles. The molecule has 7 nitrogen and oxygen atoms in total. The van der Waals surface area contributed by atoms with E-state index in [-0.39, 0.29) is 30.3 Å². The summed E-state index contributed by atoms with van der Waals surface area (Å²) in [5.74, 6) is -0.785. The fourth-order valence-corrected chi connectivity index (χ4v) is 4.23. The first-order valence-corrected chi connectivity index (χ1v) is 9.78. The van der Waals surface area contributed by atoms with Gasteiger partial charge in [0.2, 0.25) is 5.91 Å². The monoisotopic (exact) mass is 411 g/mol. The van der Waals surface area contributed by atoms with Crippen molar-refractivity contribution < 1.29 is 23.8 Å². The van der Waals surface area contributed by atoms with E-state index in [1.165, 1.54) is 23.9 Å². The van der Waals surface area contributed by atoms with E-state index < -0.39 is 16.8 Å². The number of carbonyl (C=O) groups excluding carboxylic acids is 2. The zero-order chi connectivity index (χ0) is 20.5. The third-order valence-electron chi connectivity index (χ3n) is 4.67. The first kappa shape index (κ1) is 19.1. The fraction of sp³-hybridized carbons (Fsp3) is 0.190. The highest BCUT2D eigenvalue weighted by molar-refractivity contribution is 8.01. The number of hydrogen-bond donors (Lipinski definition) is 2. The maximum atomic E-state index is 12.3. The Morgan fingerprint density at radius 3 is 2.86 bits per heavy atom. The Morgan fingerprint density at radius 1 is 1.24 bits per heavy atom. The van der Waals surface area contributed by atoms with Crippen LogP contribution in [0.15, 0.2) is 56.6 Å². The maximum Gasteiger partial charge on any atom is 0.336 e. The number of amides is 1. The molecule has 1 amide bonds. The van der Waals surface area contributed by atoms with E-state index in [9.17, 15) is 19.5 Å². The number of hydrogen-bond acceptors (Lipinski definition) is 7. The molecule has 1 aliphatic rings. The van der Waals surface area contributed by atoms with Gasteiger partial charge in [-0.25, -0.2) is 4.79 Å². The van der Waals surface area contributed by atoms with Crippen molar-refractivity contribution in [1.82, 2.24) is 0 Å². The van der Waals surface area contributed by atoms with E-state index in [1.807, 2.05) is 18.2 Å². The van der Waals surface area contributed by atoms with Gasteiger partial charge in [-0.1, -0.05) is 12.1 Å². The molecule has 29 heavy (non-hydrogen) atoms. The van der Waals surface area contributed by atoms with Crippen molar-refractivity contribution in [3.8, 4) is 5.75 Å². The third-order valence-corrected chi connectivity index (χ3v) is 5.94. The van der Waals surface area contributed by atoms with Crippen LogP contribution in [0.4, 0.5) is 5.69 Å². The van der Waals surface area contributed by atoms with Gasteiger partial charge in [-0.2, -0.15) is 0 Å². The molecule has 0 spiro atoms. The van der Waals surface area contributed by atoms with Crippen molar-refractivity contribution in [2.45, 2.75) is 30.1 Å². The zero-order valence-corrected chi connectivity index (χ0v) is 16.2. The Bertz CT molecular complexity index is 1190. The van der Waals surface area contributed by atoms with Crippen molar-refractivity contribution in [3.05, 3.63) is 64.0 Å². The third kappa shape index (κ3) is 3.84. The van der Waals surface area contributed by atoms with Crippen LogP contribution in [0.3, 0.4) is 0 Å². The minimum absolute atomic E-state index is 0.00964. The maximum absolute atomic E-state index is 12.3. The second kappa shape index (κ2) is 7.63. The minimum atomic E-state index is -0.601. The van der Waals surface area contributed by atoms with Gasteiger partial charge in [0, 0.05) is 27.5 Å². The molecule has 0 fully saturated rings. The summed E-state index contributed by atoms with van der Waals surface area (Å²) in [6, 6.07) is 11.7. The number of phenols is 1. The lowest BCUT2D eigenvalue weighted by atomic mass is 10.1. The molecule has 3 aromatic rings. The van der Waals surface area contributed by atoms with Gasteiger partial charge in [0.25, 0.3) is 0 Å². The predicted molar refractivity (Wildman–Crippen MR) is 108 cm³/mol. The first-order chi connectivity index (χ1) is 13.9. The van der Waals surface area contributed by atoms with Gasteiger partial charge in [-0.3, -0.25) is 9.59 Å². The summed E-state index contributed by atoms with van der Waals surface area (Å²) in [4.78, 5) is 37.3. The molecule has 2 aromatic carbocycles. The molecule has 1 aromatic heterocycles. The van der Waals surface area contributed by atoms with Gasteiger partial charge >= 0.3 is 11.6 Å². The number of carbonyl (C=O) groups is 2. The number of phenolic OH excluding ortho intramolecular Hbond substituents is 1. The van der Waals surface area contributed by atoms with Crippen molar-refractivity contribution in [2.24, 2.45) is 0 Å². The predicted octanol–water partition coefficient (Wildman–Crippen LogP) is 3.35. The van der Waals surface area contributed by atoms with Gasteiger partial charge in [0.05, 0.1) is 17.4 Å². The number of rotatable bonds is 4. The van der Waals surface area contributed by atoms with Gasteiger partial charge in [0.15, 0.2) is 0 Å². The molecule has 2 heterocycles. The molecule has 2 N–H and O–H groups in total. The van der Waals surface area contributed by atoms with Crippen LogP contribution < -0.4 is 10.9 Å². The SMILES string of the molecule is Cc1c(O)ccc2c(COC(=O)C[C@@H]3Sc4ccccc4NC3=O)cc(=O)oc12. The molecule has 0 bridgehead atoms. The van der Waals surface area contributed by atoms with Crippen LogP contribution in [0.2, 0.25) is 0 Å². The Labute approximate surface area is 169 Å². The number of esters is 1. The normalized spacial score (nSPS) is 15.6. The standard InChI is InChI=1S/C21H17NO6S/c1-11-15(23)7-6-13-12(8-19(25)28-20(11)13)10-27-18(24)9-17-21(26)22-14-4-2-3-5-16(14)29-17/h2-8,17,23H,9-10H2,1H3,(H,22,26)/t17-/m0/s1. The number of benzene rings is 2. The number of nitrogens with one attached hydrogen (secondary N) is 1. The van der Waals surface area contributed by atoms with Crippen LogP contribution >= 0.6 is 11.8 Å². The molecule has 0 saturated heterocycles. The lowest BCUT2D eigenvalue weighted by molar-refractivity contribution is -0.145. The van der Waals surface area contributed by atoms with Crippen LogP contribution in [0.1, 0.15) is 17.5 Å². The van der Waals surface area contributed by atoms with E-state index in [0.717, 1.165) is 10.6 Å². The molecular formula is C21H17NO6S. The molecule has 1 atom stereocenters. The number of thioether (sulfide) groups is 1. The highest BCUT2D eigenvalue weighted by Crippen LogP contribution is 2.36. The van der Waals surface area contributed by atoms with E-state index in [4.69, 9.17) is 9.15 Å². The summed E-state index contributed by atoms with van der Waals surface area (Å²) in [6.07, 6.45) is -0.0932. The van der Waals surface area contributed by atoms with Crippen LogP contribution in [-0.4, -0.2) is 22.2 Å². The average Bonchev–Trinajstić information content (AvgIpc) is 2.70. The second-order valence-corrected chi connectivity index (χ2v) is 7.88.